The minimum Gasteiger partial charge on any atom is -0.481 e. The standard InChI is InChI=1S/C14H18N2O4S/c1-21(19,20)11-4-5-12(15-7-11)16-8-10-3-2-6-14(10,9-16)13(17)18/h4-5,7,10H,2-3,6,8-9H2,1H3,(H,17,18)/t10-,14+/m0/s1. The van der Waals surface area contributed by atoms with Crippen LogP contribution in [0.15, 0.2) is 23.2 Å². The second-order valence-corrected chi connectivity index (χ2v) is 8.07. The van der Waals surface area contributed by atoms with Crippen molar-refractivity contribution in [3.8, 4) is 0 Å². The van der Waals surface area contributed by atoms with Crippen LogP contribution in [0.3, 0.4) is 0 Å². The molecule has 2 fully saturated rings. The number of aliphatic carboxylic acids is 1. The third-order valence-corrected chi connectivity index (χ3v) is 5.87. The highest BCUT2D eigenvalue weighted by Gasteiger charge is 2.55. The normalized spacial score (nSPS) is 28.6. The molecule has 2 atom stereocenters. The predicted octanol–water partition coefficient (Wildman–Crippen LogP) is 1.18. The van der Waals surface area contributed by atoms with E-state index >= 15 is 0 Å². The zero-order chi connectivity index (χ0) is 15.3. The number of hydrogen-bond acceptors (Lipinski definition) is 5. The number of anilines is 1. The van der Waals surface area contributed by atoms with Gasteiger partial charge in [0.25, 0.3) is 0 Å². The zero-order valence-electron chi connectivity index (χ0n) is 11.8. The van der Waals surface area contributed by atoms with Crippen molar-refractivity contribution in [2.75, 3.05) is 24.2 Å². The molecular weight excluding hydrogens is 292 g/mol. The molecule has 3 rings (SSSR count). The van der Waals surface area contributed by atoms with E-state index in [4.69, 9.17) is 0 Å². The first-order valence-electron chi connectivity index (χ1n) is 6.97. The van der Waals surface area contributed by atoms with E-state index in [2.05, 4.69) is 4.98 Å². The second kappa shape index (κ2) is 4.69. The average molecular weight is 310 g/mol. The van der Waals surface area contributed by atoms with Crippen molar-refractivity contribution < 1.29 is 18.3 Å². The van der Waals surface area contributed by atoms with E-state index in [1.165, 1.54) is 12.3 Å². The summed E-state index contributed by atoms with van der Waals surface area (Å²) < 4.78 is 22.9. The smallest absolute Gasteiger partial charge is 0.311 e. The molecule has 1 aliphatic carbocycles. The molecule has 1 aromatic heterocycles. The number of fused-ring (bicyclic) bond motifs is 1. The Labute approximate surface area is 123 Å². The molecule has 0 spiro atoms. The van der Waals surface area contributed by atoms with Gasteiger partial charge >= 0.3 is 5.97 Å². The molecule has 2 heterocycles. The van der Waals surface area contributed by atoms with Gasteiger partial charge in [0.2, 0.25) is 0 Å². The monoisotopic (exact) mass is 310 g/mol. The third kappa shape index (κ3) is 2.29. The lowest BCUT2D eigenvalue weighted by Gasteiger charge is -2.23. The number of rotatable bonds is 3. The largest absolute Gasteiger partial charge is 0.481 e. The van der Waals surface area contributed by atoms with Crippen molar-refractivity contribution >= 4 is 21.6 Å². The topological polar surface area (TPSA) is 87.6 Å². The number of carboxylic acids is 1. The Balaban J connectivity index is 1.85. The molecule has 6 nitrogen and oxygen atoms in total. The Kier molecular flexibility index (Phi) is 3.20. The van der Waals surface area contributed by atoms with Gasteiger partial charge in [0.1, 0.15) is 5.82 Å². The number of pyridine rings is 1. The van der Waals surface area contributed by atoms with Gasteiger partial charge < -0.3 is 10.0 Å². The summed E-state index contributed by atoms with van der Waals surface area (Å²) in [5.41, 5.74) is -0.656. The van der Waals surface area contributed by atoms with Crippen LogP contribution in [0.5, 0.6) is 0 Å². The Hall–Kier alpha value is -1.63. The average Bonchev–Trinajstić information content (AvgIpc) is 2.95. The molecule has 1 saturated heterocycles. The molecule has 0 radical (unpaired) electrons. The summed E-state index contributed by atoms with van der Waals surface area (Å²) >= 11 is 0. The molecule has 1 aromatic rings. The van der Waals surface area contributed by atoms with Crippen molar-refractivity contribution in [3.63, 3.8) is 0 Å². The molecule has 0 unspecified atom stereocenters. The number of carboxylic acid groups (broad SMARTS) is 1. The summed E-state index contributed by atoms with van der Waals surface area (Å²) in [5.74, 6) is 0.0871. The highest BCUT2D eigenvalue weighted by Crippen LogP contribution is 2.49. The number of carbonyl (C=O) groups is 1. The Bertz CT molecular complexity index is 671. The fourth-order valence-electron chi connectivity index (χ4n) is 3.59. The minimum atomic E-state index is -3.26. The Morgan fingerprint density at radius 2 is 2.24 bits per heavy atom. The maximum atomic E-state index is 11.6. The fourth-order valence-corrected chi connectivity index (χ4v) is 4.15. The maximum Gasteiger partial charge on any atom is 0.311 e. The van der Waals surface area contributed by atoms with Crippen molar-refractivity contribution in [3.05, 3.63) is 18.3 Å². The van der Waals surface area contributed by atoms with Gasteiger partial charge in [0.05, 0.1) is 10.3 Å². The van der Waals surface area contributed by atoms with Crippen LogP contribution in [-0.2, 0) is 14.6 Å². The van der Waals surface area contributed by atoms with Gasteiger partial charge in [-0.15, -0.1) is 0 Å². The highest BCUT2D eigenvalue weighted by atomic mass is 32.2. The molecule has 0 aromatic carbocycles. The molecule has 21 heavy (non-hydrogen) atoms. The number of nitrogens with zero attached hydrogens (tertiary/aromatic N) is 2. The van der Waals surface area contributed by atoms with Crippen LogP contribution >= 0.6 is 0 Å². The van der Waals surface area contributed by atoms with Crippen LogP contribution in [0.1, 0.15) is 19.3 Å². The van der Waals surface area contributed by atoms with Crippen LogP contribution < -0.4 is 4.90 Å². The number of sulfone groups is 1. The quantitative estimate of drug-likeness (QED) is 0.902. The second-order valence-electron chi connectivity index (χ2n) is 6.06. The van der Waals surface area contributed by atoms with Crippen LogP contribution in [0.25, 0.3) is 0 Å². The molecule has 7 heteroatoms. The lowest BCUT2D eigenvalue weighted by atomic mass is 9.81. The summed E-state index contributed by atoms with van der Waals surface area (Å²) in [6.07, 6.45) is 5.09. The molecule has 1 N–H and O–H groups in total. The fraction of sp³-hybridized carbons (Fsp3) is 0.571. The van der Waals surface area contributed by atoms with Crippen LogP contribution in [0.2, 0.25) is 0 Å². The molecule has 1 saturated carbocycles. The van der Waals surface area contributed by atoms with Crippen molar-refractivity contribution in [1.29, 1.82) is 0 Å². The predicted molar refractivity (Wildman–Crippen MR) is 77.0 cm³/mol. The first-order valence-corrected chi connectivity index (χ1v) is 8.86. The minimum absolute atomic E-state index is 0.159. The summed E-state index contributed by atoms with van der Waals surface area (Å²) in [6.45, 7) is 1.13. The van der Waals surface area contributed by atoms with Gasteiger partial charge in [-0.05, 0) is 30.9 Å². The first kappa shape index (κ1) is 14.3. The SMILES string of the molecule is CS(=O)(=O)c1ccc(N2C[C@@H]3CCC[C@@]3(C(=O)O)C2)nc1. The third-order valence-electron chi connectivity index (χ3n) is 4.77. The van der Waals surface area contributed by atoms with E-state index in [1.807, 2.05) is 4.90 Å². The van der Waals surface area contributed by atoms with Crippen LogP contribution in [0.4, 0.5) is 5.82 Å². The molecular formula is C14H18N2O4S. The summed E-state index contributed by atoms with van der Waals surface area (Å²) in [5, 5.41) is 9.56. The van der Waals surface area contributed by atoms with E-state index in [9.17, 15) is 18.3 Å². The van der Waals surface area contributed by atoms with Crippen LogP contribution in [-0.4, -0.2) is 43.8 Å². The van der Waals surface area contributed by atoms with E-state index in [-0.39, 0.29) is 10.8 Å². The van der Waals surface area contributed by atoms with Gasteiger partial charge in [0.15, 0.2) is 9.84 Å². The first-order chi connectivity index (χ1) is 9.83. The van der Waals surface area contributed by atoms with Crippen molar-refractivity contribution in [1.82, 2.24) is 4.98 Å². The van der Waals surface area contributed by atoms with Gasteiger partial charge in [-0.25, -0.2) is 13.4 Å². The van der Waals surface area contributed by atoms with E-state index in [1.54, 1.807) is 6.07 Å². The van der Waals surface area contributed by atoms with Crippen LogP contribution in [0, 0.1) is 11.3 Å². The lowest BCUT2D eigenvalue weighted by molar-refractivity contribution is -0.149. The van der Waals surface area contributed by atoms with Crippen molar-refractivity contribution in [2.45, 2.75) is 24.2 Å². The summed E-state index contributed by atoms with van der Waals surface area (Å²) in [4.78, 5) is 18.0. The van der Waals surface area contributed by atoms with Gasteiger partial charge in [-0.3, -0.25) is 4.79 Å². The summed E-state index contributed by atoms with van der Waals surface area (Å²) in [7, 11) is -3.26. The Morgan fingerprint density at radius 3 is 2.76 bits per heavy atom. The summed E-state index contributed by atoms with van der Waals surface area (Å²) in [6, 6.07) is 3.19. The molecule has 1 aliphatic heterocycles. The molecule has 0 amide bonds. The van der Waals surface area contributed by atoms with Gasteiger partial charge in [0, 0.05) is 25.5 Å². The molecule has 2 aliphatic rings. The van der Waals surface area contributed by atoms with Crippen molar-refractivity contribution in [2.24, 2.45) is 11.3 Å². The molecule has 114 valence electrons. The van der Waals surface area contributed by atoms with E-state index in [0.717, 1.165) is 19.1 Å². The van der Waals surface area contributed by atoms with Gasteiger partial charge in [-0.1, -0.05) is 6.42 Å². The number of aromatic nitrogens is 1. The molecule has 0 bridgehead atoms. The number of hydrogen-bond donors (Lipinski definition) is 1. The van der Waals surface area contributed by atoms with E-state index in [0.29, 0.717) is 25.3 Å². The highest BCUT2D eigenvalue weighted by molar-refractivity contribution is 7.90. The Morgan fingerprint density at radius 1 is 1.48 bits per heavy atom. The van der Waals surface area contributed by atoms with E-state index < -0.39 is 21.2 Å². The maximum absolute atomic E-state index is 11.6. The van der Waals surface area contributed by atoms with Gasteiger partial charge in [-0.2, -0.15) is 0 Å². The lowest BCUT2D eigenvalue weighted by Crippen LogP contribution is -2.35. The zero-order valence-corrected chi connectivity index (χ0v) is 12.6.